The van der Waals surface area contributed by atoms with E-state index in [9.17, 15) is 22.8 Å². The van der Waals surface area contributed by atoms with Crippen LogP contribution in [0.5, 0.6) is 0 Å². The first kappa shape index (κ1) is 18.4. The van der Waals surface area contributed by atoms with Gasteiger partial charge in [0.25, 0.3) is 5.91 Å². The van der Waals surface area contributed by atoms with Gasteiger partial charge in [0, 0.05) is 16.7 Å². The van der Waals surface area contributed by atoms with Gasteiger partial charge in [0.15, 0.2) is 5.78 Å². The second-order valence-electron chi connectivity index (χ2n) is 5.77. The van der Waals surface area contributed by atoms with Crippen molar-refractivity contribution < 1.29 is 22.8 Å². The molecule has 1 N–H and O–H groups in total. The van der Waals surface area contributed by atoms with E-state index in [2.05, 4.69) is 5.32 Å². The Hall–Kier alpha value is -3.41. The molecule has 0 atom stereocenters. The molecule has 0 heterocycles. The molecule has 6 heteroatoms. The largest absolute Gasteiger partial charge is 0.418 e. The van der Waals surface area contributed by atoms with Gasteiger partial charge in [-0.05, 0) is 24.3 Å². The molecule has 0 fully saturated rings. The van der Waals surface area contributed by atoms with Crippen molar-refractivity contribution in [2.45, 2.75) is 6.18 Å². The molecule has 0 bridgehead atoms. The topological polar surface area (TPSA) is 46.2 Å². The lowest BCUT2D eigenvalue weighted by atomic mass is 10.0. The molecular formula is C21H14F3NO2. The Balaban J connectivity index is 1.79. The molecule has 3 nitrogen and oxygen atoms in total. The standard InChI is InChI=1S/C21H14F3NO2/c22-21(23,24)17-8-4-5-9-18(17)25-20(27)16-12-10-15(11-13-16)19(26)14-6-2-1-3-7-14/h1-13H,(H,25,27). The molecular weight excluding hydrogens is 355 g/mol. The lowest BCUT2D eigenvalue weighted by Gasteiger charge is -2.13. The number of hydrogen-bond donors (Lipinski definition) is 1. The number of para-hydroxylation sites is 1. The molecule has 0 unspecified atom stereocenters. The summed E-state index contributed by atoms with van der Waals surface area (Å²) in [6.07, 6.45) is -4.57. The number of ketones is 1. The van der Waals surface area contributed by atoms with Gasteiger partial charge in [0.05, 0.1) is 11.3 Å². The highest BCUT2D eigenvalue weighted by Gasteiger charge is 2.33. The van der Waals surface area contributed by atoms with Crippen LogP contribution in [-0.2, 0) is 6.18 Å². The van der Waals surface area contributed by atoms with E-state index < -0.39 is 17.6 Å². The average molecular weight is 369 g/mol. The summed E-state index contributed by atoms with van der Waals surface area (Å²) in [6, 6.07) is 19.1. The third-order valence-electron chi connectivity index (χ3n) is 3.93. The fourth-order valence-electron chi connectivity index (χ4n) is 2.56. The lowest BCUT2D eigenvalue weighted by Crippen LogP contribution is -2.16. The number of carbonyl (C=O) groups excluding carboxylic acids is 2. The van der Waals surface area contributed by atoms with Gasteiger partial charge >= 0.3 is 6.18 Å². The predicted molar refractivity (Wildman–Crippen MR) is 95.7 cm³/mol. The number of carbonyl (C=O) groups is 2. The highest BCUT2D eigenvalue weighted by molar-refractivity contribution is 6.10. The van der Waals surface area contributed by atoms with E-state index in [0.29, 0.717) is 11.1 Å². The summed E-state index contributed by atoms with van der Waals surface area (Å²) >= 11 is 0. The molecule has 0 spiro atoms. The van der Waals surface area contributed by atoms with Gasteiger partial charge in [-0.2, -0.15) is 13.2 Å². The van der Waals surface area contributed by atoms with Crippen molar-refractivity contribution >= 4 is 17.4 Å². The minimum absolute atomic E-state index is 0.150. The van der Waals surface area contributed by atoms with E-state index in [1.54, 1.807) is 30.3 Å². The minimum atomic E-state index is -4.57. The molecule has 27 heavy (non-hydrogen) atoms. The van der Waals surface area contributed by atoms with Gasteiger partial charge in [-0.25, -0.2) is 0 Å². The first-order chi connectivity index (χ1) is 12.9. The van der Waals surface area contributed by atoms with Crippen LogP contribution in [0.3, 0.4) is 0 Å². The molecule has 0 aliphatic heterocycles. The fraction of sp³-hybridized carbons (Fsp3) is 0.0476. The van der Waals surface area contributed by atoms with Crippen molar-refractivity contribution in [2.75, 3.05) is 5.32 Å². The maximum Gasteiger partial charge on any atom is 0.418 e. The molecule has 3 aromatic rings. The molecule has 0 saturated carbocycles. The van der Waals surface area contributed by atoms with Gasteiger partial charge < -0.3 is 5.32 Å². The molecule has 3 aromatic carbocycles. The highest BCUT2D eigenvalue weighted by atomic mass is 19.4. The van der Waals surface area contributed by atoms with Crippen LogP contribution in [0.4, 0.5) is 18.9 Å². The second kappa shape index (κ2) is 7.45. The minimum Gasteiger partial charge on any atom is -0.321 e. The number of amides is 1. The van der Waals surface area contributed by atoms with Crippen LogP contribution >= 0.6 is 0 Å². The lowest BCUT2D eigenvalue weighted by molar-refractivity contribution is -0.136. The van der Waals surface area contributed by atoms with E-state index in [1.807, 2.05) is 0 Å². The smallest absolute Gasteiger partial charge is 0.321 e. The van der Waals surface area contributed by atoms with Crippen molar-refractivity contribution in [3.8, 4) is 0 Å². The molecule has 0 radical (unpaired) electrons. The monoisotopic (exact) mass is 369 g/mol. The number of hydrogen-bond acceptors (Lipinski definition) is 2. The van der Waals surface area contributed by atoms with Gasteiger partial charge in [-0.1, -0.05) is 54.6 Å². The highest BCUT2D eigenvalue weighted by Crippen LogP contribution is 2.34. The number of benzene rings is 3. The van der Waals surface area contributed by atoms with Gasteiger partial charge in [-0.3, -0.25) is 9.59 Å². The second-order valence-corrected chi connectivity index (χ2v) is 5.77. The third kappa shape index (κ3) is 4.23. The van der Waals surface area contributed by atoms with E-state index in [0.717, 1.165) is 6.07 Å². The number of halogens is 3. The zero-order valence-corrected chi connectivity index (χ0v) is 14.0. The summed E-state index contributed by atoms with van der Waals surface area (Å²) in [4.78, 5) is 24.6. The molecule has 0 aromatic heterocycles. The Morgan fingerprint density at radius 3 is 1.81 bits per heavy atom. The van der Waals surface area contributed by atoms with Crippen LogP contribution in [0.2, 0.25) is 0 Å². The van der Waals surface area contributed by atoms with Gasteiger partial charge in [0.2, 0.25) is 0 Å². The Morgan fingerprint density at radius 1 is 0.667 bits per heavy atom. The van der Waals surface area contributed by atoms with Gasteiger partial charge in [0.1, 0.15) is 0 Å². The summed E-state index contributed by atoms with van der Waals surface area (Å²) in [5, 5.41) is 2.27. The summed E-state index contributed by atoms with van der Waals surface area (Å²) in [6.45, 7) is 0. The summed E-state index contributed by atoms with van der Waals surface area (Å²) < 4.78 is 39.0. The number of alkyl halides is 3. The molecule has 1 amide bonds. The quantitative estimate of drug-likeness (QED) is 0.644. The Morgan fingerprint density at radius 2 is 1.19 bits per heavy atom. The average Bonchev–Trinajstić information content (AvgIpc) is 2.68. The van der Waals surface area contributed by atoms with E-state index in [1.165, 1.54) is 42.5 Å². The van der Waals surface area contributed by atoms with E-state index in [4.69, 9.17) is 0 Å². The van der Waals surface area contributed by atoms with Crippen LogP contribution < -0.4 is 5.32 Å². The summed E-state index contributed by atoms with van der Waals surface area (Å²) in [7, 11) is 0. The third-order valence-corrected chi connectivity index (χ3v) is 3.93. The number of anilines is 1. The summed E-state index contributed by atoms with van der Waals surface area (Å²) in [5.74, 6) is -0.893. The van der Waals surface area contributed by atoms with Crippen LogP contribution in [0.15, 0.2) is 78.9 Å². The van der Waals surface area contributed by atoms with Crippen molar-refractivity contribution in [1.29, 1.82) is 0 Å². The predicted octanol–water partition coefficient (Wildman–Crippen LogP) is 5.19. The van der Waals surface area contributed by atoms with Crippen LogP contribution in [0.1, 0.15) is 31.8 Å². The maximum atomic E-state index is 13.0. The van der Waals surface area contributed by atoms with Crippen molar-refractivity contribution in [3.05, 3.63) is 101 Å². The summed E-state index contributed by atoms with van der Waals surface area (Å²) in [5.41, 5.74) is -0.201. The zero-order valence-electron chi connectivity index (χ0n) is 14.0. The van der Waals surface area contributed by atoms with Crippen LogP contribution in [0, 0.1) is 0 Å². The molecule has 0 aliphatic rings. The molecule has 0 saturated heterocycles. The molecule has 136 valence electrons. The van der Waals surface area contributed by atoms with Crippen molar-refractivity contribution in [1.82, 2.24) is 0 Å². The van der Waals surface area contributed by atoms with Crippen LogP contribution in [-0.4, -0.2) is 11.7 Å². The van der Waals surface area contributed by atoms with Crippen molar-refractivity contribution in [3.63, 3.8) is 0 Å². The Labute approximate surface area is 153 Å². The van der Waals surface area contributed by atoms with Crippen molar-refractivity contribution in [2.24, 2.45) is 0 Å². The maximum absolute atomic E-state index is 13.0. The van der Waals surface area contributed by atoms with E-state index >= 15 is 0 Å². The molecule has 0 aliphatic carbocycles. The first-order valence-corrected chi connectivity index (χ1v) is 8.03. The number of nitrogens with one attached hydrogen (secondary N) is 1. The Bertz CT molecular complexity index is 965. The van der Waals surface area contributed by atoms with E-state index in [-0.39, 0.29) is 17.0 Å². The SMILES string of the molecule is O=C(Nc1ccccc1C(F)(F)F)c1ccc(C(=O)c2ccccc2)cc1. The Kier molecular flexibility index (Phi) is 5.07. The fourth-order valence-corrected chi connectivity index (χ4v) is 2.56. The number of rotatable bonds is 4. The zero-order chi connectivity index (χ0) is 19.4. The van der Waals surface area contributed by atoms with Crippen LogP contribution in [0.25, 0.3) is 0 Å². The first-order valence-electron chi connectivity index (χ1n) is 8.03. The normalized spacial score (nSPS) is 11.1. The molecule has 3 rings (SSSR count). The van der Waals surface area contributed by atoms with Gasteiger partial charge in [-0.15, -0.1) is 0 Å².